The lowest BCUT2D eigenvalue weighted by Crippen LogP contribution is -2.38. The Hall–Kier alpha value is -2.28. The molecule has 0 unspecified atom stereocenters. The van der Waals surface area contributed by atoms with Gasteiger partial charge in [0.05, 0.1) is 24.8 Å². The predicted octanol–water partition coefficient (Wildman–Crippen LogP) is 1.56. The second-order valence-corrected chi connectivity index (χ2v) is 5.62. The molecule has 0 saturated carbocycles. The number of aromatic nitrogens is 3. The number of likely N-dealkylation sites (tertiary alicyclic amines) is 1. The number of amides is 1. The van der Waals surface area contributed by atoms with Gasteiger partial charge in [-0.3, -0.25) is 9.78 Å². The molecule has 3 rings (SSSR count). The van der Waals surface area contributed by atoms with Crippen LogP contribution in [0.1, 0.15) is 36.2 Å². The van der Waals surface area contributed by atoms with Crippen LogP contribution >= 0.6 is 0 Å². The van der Waals surface area contributed by atoms with Crippen molar-refractivity contribution in [2.75, 3.05) is 20.3 Å². The Labute approximate surface area is 134 Å². The van der Waals surface area contributed by atoms with Gasteiger partial charge in [0.1, 0.15) is 0 Å². The molecule has 122 valence electrons. The van der Waals surface area contributed by atoms with Crippen LogP contribution in [0.4, 0.5) is 0 Å². The lowest BCUT2D eigenvalue weighted by Gasteiger charge is -2.30. The fourth-order valence-electron chi connectivity index (χ4n) is 2.68. The van der Waals surface area contributed by atoms with Gasteiger partial charge < -0.3 is 14.2 Å². The monoisotopic (exact) mass is 316 g/mol. The fourth-order valence-corrected chi connectivity index (χ4v) is 2.68. The topological polar surface area (TPSA) is 81.4 Å². The number of hydrogen-bond donors (Lipinski definition) is 0. The third-order valence-corrected chi connectivity index (χ3v) is 3.94. The van der Waals surface area contributed by atoms with Crippen molar-refractivity contribution in [3.05, 3.63) is 41.8 Å². The number of nitrogens with zero attached hydrogens (tertiary/aromatic N) is 4. The first-order valence-electron chi connectivity index (χ1n) is 7.75. The van der Waals surface area contributed by atoms with Gasteiger partial charge in [0, 0.05) is 32.7 Å². The van der Waals surface area contributed by atoms with Crippen LogP contribution in [0.25, 0.3) is 0 Å². The average Bonchev–Trinajstić information content (AvgIpc) is 3.05. The number of carbonyl (C=O) groups excluding carboxylic acids is 1. The molecular weight excluding hydrogens is 296 g/mol. The molecule has 1 amide bonds. The quantitative estimate of drug-likeness (QED) is 0.804. The van der Waals surface area contributed by atoms with Crippen molar-refractivity contribution in [2.45, 2.75) is 31.7 Å². The van der Waals surface area contributed by atoms with E-state index in [1.54, 1.807) is 13.3 Å². The Balaban J connectivity index is 1.65. The number of carbonyl (C=O) groups is 1. The molecule has 0 N–H and O–H groups in total. The summed E-state index contributed by atoms with van der Waals surface area (Å²) in [6.45, 7) is 1.66. The van der Waals surface area contributed by atoms with Gasteiger partial charge in [-0.1, -0.05) is 11.2 Å². The average molecular weight is 316 g/mol. The molecule has 1 aliphatic heterocycles. The predicted molar refractivity (Wildman–Crippen MR) is 81.5 cm³/mol. The van der Waals surface area contributed by atoms with E-state index in [4.69, 9.17) is 9.26 Å². The number of rotatable bonds is 6. The van der Waals surface area contributed by atoms with Crippen molar-refractivity contribution >= 4 is 5.91 Å². The van der Waals surface area contributed by atoms with Crippen LogP contribution in [-0.4, -0.2) is 46.2 Å². The lowest BCUT2D eigenvalue weighted by molar-refractivity contribution is -0.134. The van der Waals surface area contributed by atoms with Crippen LogP contribution < -0.4 is 0 Å². The highest BCUT2D eigenvalue weighted by atomic mass is 16.5. The Bertz CT molecular complexity index is 644. The van der Waals surface area contributed by atoms with E-state index in [0.29, 0.717) is 44.3 Å². The minimum Gasteiger partial charge on any atom is -0.384 e. The molecule has 2 aromatic heterocycles. The zero-order valence-corrected chi connectivity index (χ0v) is 13.1. The molecule has 1 saturated heterocycles. The van der Waals surface area contributed by atoms with Gasteiger partial charge in [0.2, 0.25) is 11.8 Å². The maximum absolute atomic E-state index is 12.1. The van der Waals surface area contributed by atoms with Crippen LogP contribution in [-0.2, 0) is 22.5 Å². The molecule has 0 bridgehead atoms. The summed E-state index contributed by atoms with van der Waals surface area (Å²) in [5.74, 6) is 1.48. The van der Waals surface area contributed by atoms with Crippen LogP contribution in [0, 0.1) is 0 Å². The smallest absolute Gasteiger partial charge is 0.231 e. The summed E-state index contributed by atoms with van der Waals surface area (Å²) in [6, 6.07) is 5.71. The molecule has 23 heavy (non-hydrogen) atoms. The van der Waals surface area contributed by atoms with Crippen LogP contribution in [0.15, 0.2) is 28.9 Å². The Kier molecular flexibility index (Phi) is 4.97. The Morgan fingerprint density at radius 2 is 2.35 bits per heavy atom. The molecule has 0 aromatic carbocycles. The van der Waals surface area contributed by atoms with Gasteiger partial charge >= 0.3 is 0 Å². The number of ether oxygens (including phenoxy) is 1. The molecule has 1 fully saturated rings. The van der Waals surface area contributed by atoms with E-state index < -0.39 is 0 Å². The first kappa shape index (κ1) is 15.6. The molecule has 0 radical (unpaired) electrons. The third kappa shape index (κ3) is 3.92. The maximum Gasteiger partial charge on any atom is 0.231 e. The summed E-state index contributed by atoms with van der Waals surface area (Å²) in [7, 11) is 1.64. The van der Waals surface area contributed by atoms with Crippen molar-refractivity contribution in [3.8, 4) is 0 Å². The summed E-state index contributed by atoms with van der Waals surface area (Å²) in [6.07, 6.45) is 3.60. The zero-order chi connectivity index (χ0) is 16.1. The molecule has 0 aliphatic carbocycles. The van der Waals surface area contributed by atoms with Gasteiger partial charge in [-0.05, 0) is 18.6 Å². The summed E-state index contributed by atoms with van der Waals surface area (Å²) in [5, 5.41) is 3.98. The largest absolute Gasteiger partial charge is 0.384 e. The summed E-state index contributed by atoms with van der Waals surface area (Å²) in [5.41, 5.74) is 0.882. The van der Waals surface area contributed by atoms with Crippen LogP contribution in [0.2, 0.25) is 0 Å². The highest BCUT2D eigenvalue weighted by Crippen LogP contribution is 2.27. The van der Waals surface area contributed by atoms with E-state index in [0.717, 1.165) is 12.1 Å². The zero-order valence-electron chi connectivity index (χ0n) is 13.1. The molecule has 3 heterocycles. The van der Waals surface area contributed by atoms with E-state index in [2.05, 4.69) is 15.1 Å². The second kappa shape index (κ2) is 7.32. The van der Waals surface area contributed by atoms with Gasteiger partial charge in [-0.2, -0.15) is 4.98 Å². The van der Waals surface area contributed by atoms with Crippen molar-refractivity contribution in [2.24, 2.45) is 0 Å². The Morgan fingerprint density at radius 1 is 1.43 bits per heavy atom. The molecule has 7 heteroatoms. The molecule has 1 aliphatic rings. The molecule has 7 nitrogen and oxygen atoms in total. The van der Waals surface area contributed by atoms with Crippen LogP contribution in [0.5, 0.6) is 0 Å². The van der Waals surface area contributed by atoms with Crippen molar-refractivity contribution in [3.63, 3.8) is 0 Å². The fraction of sp³-hybridized carbons (Fsp3) is 0.500. The van der Waals surface area contributed by atoms with Crippen molar-refractivity contribution < 1.29 is 14.1 Å². The first-order valence-corrected chi connectivity index (χ1v) is 7.75. The van der Waals surface area contributed by atoms with Gasteiger partial charge in [-0.25, -0.2) is 0 Å². The third-order valence-electron chi connectivity index (χ3n) is 3.94. The normalized spacial score (nSPS) is 18.4. The number of pyridine rings is 1. The minimum absolute atomic E-state index is 0.0835. The molecule has 0 spiro atoms. The SMILES string of the molecule is COCCc1noc([C@H]2CCC(=O)N(Cc3ccccn3)C2)n1. The summed E-state index contributed by atoms with van der Waals surface area (Å²) < 4.78 is 10.4. The minimum atomic E-state index is 0.0835. The summed E-state index contributed by atoms with van der Waals surface area (Å²) >= 11 is 0. The lowest BCUT2D eigenvalue weighted by atomic mass is 9.97. The van der Waals surface area contributed by atoms with E-state index in [1.165, 1.54) is 0 Å². The van der Waals surface area contributed by atoms with Gasteiger partial charge in [0.15, 0.2) is 5.82 Å². The van der Waals surface area contributed by atoms with Gasteiger partial charge in [-0.15, -0.1) is 0 Å². The Morgan fingerprint density at radius 3 is 3.13 bits per heavy atom. The van der Waals surface area contributed by atoms with Gasteiger partial charge in [0.25, 0.3) is 0 Å². The second-order valence-electron chi connectivity index (χ2n) is 5.62. The van der Waals surface area contributed by atoms with Crippen LogP contribution in [0.3, 0.4) is 0 Å². The van der Waals surface area contributed by atoms with Crippen molar-refractivity contribution in [1.82, 2.24) is 20.0 Å². The molecule has 2 aromatic rings. The molecular formula is C16H20N4O3. The highest BCUT2D eigenvalue weighted by Gasteiger charge is 2.30. The maximum atomic E-state index is 12.1. The van der Waals surface area contributed by atoms with Crippen molar-refractivity contribution in [1.29, 1.82) is 0 Å². The van der Waals surface area contributed by atoms with E-state index in [9.17, 15) is 4.79 Å². The van der Waals surface area contributed by atoms with E-state index in [-0.39, 0.29) is 11.8 Å². The first-order chi connectivity index (χ1) is 11.3. The highest BCUT2D eigenvalue weighted by molar-refractivity contribution is 5.77. The number of hydrogen-bond acceptors (Lipinski definition) is 6. The standard InChI is InChI=1S/C16H20N4O3/c1-22-9-7-14-18-16(23-19-14)12-5-6-15(21)20(10-12)11-13-4-2-3-8-17-13/h2-4,8,12H,5-7,9-11H2,1H3/t12-/m0/s1. The molecule has 1 atom stereocenters. The van der Waals surface area contributed by atoms with E-state index in [1.807, 2.05) is 23.1 Å². The van der Waals surface area contributed by atoms with E-state index >= 15 is 0 Å². The summed E-state index contributed by atoms with van der Waals surface area (Å²) in [4.78, 5) is 22.7. The number of methoxy groups -OCH3 is 1. The number of piperidine rings is 1.